The molecule has 8 nitrogen and oxygen atoms in total. The molecule has 0 heterocycles. The lowest BCUT2D eigenvalue weighted by Crippen LogP contribution is -2.38. The van der Waals surface area contributed by atoms with E-state index in [4.69, 9.17) is 16.3 Å². The highest BCUT2D eigenvalue weighted by Crippen LogP contribution is 2.32. The van der Waals surface area contributed by atoms with E-state index >= 15 is 0 Å². The van der Waals surface area contributed by atoms with Crippen LogP contribution in [0.3, 0.4) is 0 Å². The SMILES string of the molecule is COc1ccc(N(CC(=O)Nc2cccc(NC(C)=O)c2)S(=O)(=O)c2ccccc2)cc1Cl. The van der Waals surface area contributed by atoms with E-state index in [1.807, 2.05) is 0 Å². The second-order valence-electron chi connectivity index (χ2n) is 6.95. The van der Waals surface area contributed by atoms with E-state index in [0.29, 0.717) is 17.1 Å². The molecule has 0 bridgehead atoms. The van der Waals surface area contributed by atoms with Gasteiger partial charge in [0, 0.05) is 18.3 Å². The van der Waals surface area contributed by atoms with Gasteiger partial charge in [0.2, 0.25) is 11.8 Å². The van der Waals surface area contributed by atoms with Crippen LogP contribution in [-0.4, -0.2) is 33.9 Å². The van der Waals surface area contributed by atoms with E-state index in [1.165, 1.54) is 44.4 Å². The molecule has 0 saturated carbocycles. The van der Waals surface area contributed by atoms with E-state index < -0.39 is 22.5 Å². The number of halogens is 1. The van der Waals surface area contributed by atoms with E-state index in [9.17, 15) is 18.0 Å². The number of anilines is 3. The zero-order valence-electron chi connectivity index (χ0n) is 17.9. The van der Waals surface area contributed by atoms with Crippen LogP contribution in [0.1, 0.15) is 6.92 Å². The third-order valence-electron chi connectivity index (χ3n) is 4.51. The summed E-state index contributed by atoms with van der Waals surface area (Å²) in [5, 5.41) is 5.49. The number of carbonyl (C=O) groups is 2. The number of amides is 2. The standard InChI is InChI=1S/C23H22ClN3O5S/c1-16(28)25-17-7-6-8-18(13-17)26-23(29)15-27(19-11-12-22(32-2)21(24)14-19)33(30,31)20-9-4-3-5-10-20/h3-14H,15H2,1-2H3,(H,25,28)(H,26,29). The number of methoxy groups -OCH3 is 1. The summed E-state index contributed by atoms with van der Waals surface area (Å²) < 4.78 is 32.9. The molecule has 3 aromatic carbocycles. The molecule has 0 aliphatic heterocycles. The van der Waals surface area contributed by atoms with Crippen molar-refractivity contribution < 1.29 is 22.7 Å². The Balaban J connectivity index is 1.92. The molecule has 0 saturated heterocycles. The van der Waals surface area contributed by atoms with Gasteiger partial charge >= 0.3 is 0 Å². The molecule has 0 atom stereocenters. The second-order valence-corrected chi connectivity index (χ2v) is 9.22. The number of ether oxygens (including phenoxy) is 1. The van der Waals surface area contributed by atoms with Crippen LogP contribution in [0.5, 0.6) is 5.75 Å². The maximum Gasteiger partial charge on any atom is 0.264 e. The predicted octanol–water partition coefficient (Wildman–Crippen LogP) is 4.14. The summed E-state index contributed by atoms with van der Waals surface area (Å²) in [4.78, 5) is 24.2. The lowest BCUT2D eigenvalue weighted by molar-refractivity contribution is -0.115. The summed E-state index contributed by atoms with van der Waals surface area (Å²) in [6.45, 7) is 0.863. The Labute approximate surface area is 197 Å². The number of rotatable bonds is 8. The molecule has 172 valence electrons. The van der Waals surface area contributed by atoms with Crippen molar-refractivity contribution in [2.24, 2.45) is 0 Å². The molecule has 33 heavy (non-hydrogen) atoms. The van der Waals surface area contributed by atoms with Crippen molar-refractivity contribution in [3.63, 3.8) is 0 Å². The number of benzene rings is 3. The summed E-state index contributed by atoms with van der Waals surface area (Å²) in [5.74, 6) is -0.465. The van der Waals surface area contributed by atoms with Crippen LogP contribution in [0, 0.1) is 0 Å². The molecular formula is C23H22ClN3O5S. The minimum absolute atomic E-state index is 0.0254. The molecule has 0 aliphatic rings. The fourth-order valence-electron chi connectivity index (χ4n) is 3.05. The van der Waals surface area contributed by atoms with Gasteiger partial charge in [-0.15, -0.1) is 0 Å². The van der Waals surface area contributed by atoms with E-state index in [2.05, 4.69) is 10.6 Å². The Hall–Kier alpha value is -3.56. The van der Waals surface area contributed by atoms with Gasteiger partial charge in [-0.1, -0.05) is 35.9 Å². The topological polar surface area (TPSA) is 105 Å². The smallest absolute Gasteiger partial charge is 0.264 e. The van der Waals surface area contributed by atoms with E-state index in [0.717, 1.165) is 4.31 Å². The first-order valence-electron chi connectivity index (χ1n) is 9.79. The second kappa shape index (κ2) is 10.4. The fourth-order valence-corrected chi connectivity index (χ4v) is 4.74. The molecular weight excluding hydrogens is 466 g/mol. The molecule has 0 aliphatic carbocycles. The molecule has 2 amide bonds. The maximum absolute atomic E-state index is 13.4. The highest BCUT2D eigenvalue weighted by molar-refractivity contribution is 7.92. The Morgan fingerprint density at radius 2 is 1.61 bits per heavy atom. The van der Waals surface area contributed by atoms with E-state index in [-0.39, 0.29) is 21.5 Å². The highest BCUT2D eigenvalue weighted by atomic mass is 35.5. The molecule has 0 fully saturated rings. The van der Waals surface area contributed by atoms with Crippen molar-refractivity contribution in [2.45, 2.75) is 11.8 Å². The summed E-state index contributed by atoms with van der Waals surface area (Å²) in [7, 11) is -2.64. The molecule has 10 heteroatoms. The third-order valence-corrected chi connectivity index (χ3v) is 6.59. The van der Waals surface area contributed by atoms with Crippen molar-refractivity contribution >= 4 is 50.5 Å². The van der Waals surface area contributed by atoms with Crippen LogP contribution < -0.4 is 19.7 Å². The molecule has 0 radical (unpaired) electrons. The zero-order valence-corrected chi connectivity index (χ0v) is 19.5. The monoisotopic (exact) mass is 487 g/mol. The first-order valence-corrected chi connectivity index (χ1v) is 11.6. The number of hydrogen-bond donors (Lipinski definition) is 2. The number of hydrogen-bond acceptors (Lipinski definition) is 5. The lowest BCUT2D eigenvalue weighted by Gasteiger charge is -2.24. The van der Waals surface area contributed by atoms with Crippen molar-refractivity contribution in [2.75, 3.05) is 28.6 Å². The molecule has 0 spiro atoms. The van der Waals surface area contributed by atoms with Crippen LogP contribution in [0.15, 0.2) is 77.7 Å². The summed E-state index contributed by atoms with van der Waals surface area (Å²) in [5.41, 5.74) is 1.10. The van der Waals surface area contributed by atoms with Gasteiger partial charge in [-0.25, -0.2) is 8.42 Å². The Kier molecular flexibility index (Phi) is 7.57. The van der Waals surface area contributed by atoms with E-state index in [1.54, 1.807) is 42.5 Å². The quantitative estimate of drug-likeness (QED) is 0.497. The van der Waals surface area contributed by atoms with Crippen LogP contribution in [-0.2, 0) is 19.6 Å². The van der Waals surface area contributed by atoms with Crippen molar-refractivity contribution in [1.82, 2.24) is 0 Å². The average molecular weight is 488 g/mol. The van der Waals surface area contributed by atoms with Gasteiger partial charge in [0.25, 0.3) is 10.0 Å². The third kappa shape index (κ3) is 6.03. The van der Waals surface area contributed by atoms with Crippen LogP contribution >= 0.6 is 11.6 Å². The first-order chi connectivity index (χ1) is 15.7. The molecule has 3 aromatic rings. The van der Waals surface area contributed by atoms with Gasteiger partial charge in [0.05, 0.1) is 22.7 Å². The van der Waals surface area contributed by atoms with Gasteiger partial charge in [-0.3, -0.25) is 13.9 Å². The molecule has 0 aromatic heterocycles. The van der Waals surface area contributed by atoms with Crippen LogP contribution in [0.2, 0.25) is 5.02 Å². The summed E-state index contributed by atoms with van der Waals surface area (Å²) in [6.07, 6.45) is 0. The summed E-state index contributed by atoms with van der Waals surface area (Å²) >= 11 is 6.21. The minimum Gasteiger partial charge on any atom is -0.495 e. The Bertz CT molecular complexity index is 1270. The Morgan fingerprint density at radius 1 is 0.939 bits per heavy atom. The van der Waals surface area contributed by atoms with Crippen molar-refractivity contribution in [1.29, 1.82) is 0 Å². The Morgan fingerprint density at radius 3 is 2.21 bits per heavy atom. The molecule has 3 rings (SSSR count). The van der Waals surface area contributed by atoms with Crippen molar-refractivity contribution in [3.8, 4) is 5.75 Å². The maximum atomic E-state index is 13.4. The van der Waals surface area contributed by atoms with Gasteiger partial charge in [0.15, 0.2) is 0 Å². The zero-order chi connectivity index (χ0) is 24.0. The largest absolute Gasteiger partial charge is 0.495 e. The van der Waals surface area contributed by atoms with Crippen LogP contribution in [0.4, 0.5) is 17.1 Å². The molecule has 0 unspecified atom stereocenters. The number of carbonyl (C=O) groups excluding carboxylic acids is 2. The predicted molar refractivity (Wildman–Crippen MR) is 128 cm³/mol. The van der Waals surface area contributed by atoms with Crippen LogP contribution in [0.25, 0.3) is 0 Å². The average Bonchev–Trinajstić information content (AvgIpc) is 2.77. The fraction of sp³-hybridized carbons (Fsp3) is 0.130. The lowest BCUT2D eigenvalue weighted by atomic mass is 10.2. The molecule has 2 N–H and O–H groups in total. The van der Waals surface area contributed by atoms with Gasteiger partial charge < -0.3 is 15.4 Å². The summed E-state index contributed by atoms with van der Waals surface area (Å²) in [6, 6.07) is 18.8. The normalized spacial score (nSPS) is 10.9. The first kappa shape index (κ1) is 24.1. The number of nitrogens with zero attached hydrogens (tertiary/aromatic N) is 1. The highest BCUT2D eigenvalue weighted by Gasteiger charge is 2.27. The van der Waals surface area contributed by atoms with Gasteiger partial charge in [0.1, 0.15) is 12.3 Å². The van der Waals surface area contributed by atoms with Gasteiger partial charge in [-0.2, -0.15) is 0 Å². The number of sulfonamides is 1. The van der Waals surface area contributed by atoms with Gasteiger partial charge in [-0.05, 0) is 48.5 Å². The minimum atomic E-state index is -4.09. The number of nitrogens with one attached hydrogen (secondary N) is 2. The van der Waals surface area contributed by atoms with Crippen molar-refractivity contribution in [3.05, 3.63) is 77.8 Å².